The van der Waals surface area contributed by atoms with Crippen LogP contribution < -0.4 is 10.6 Å². The van der Waals surface area contributed by atoms with Crippen LogP contribution in [-0.2, 0) is 32.1 Å². The predicted octanol–water partition coefficient (Wildman–Crippen LogP) is 4.54. The molecule has 0 saturated carbocycles. The number of benzene rings is 2. The molecule has 0 heterocycles. The molecule has 0 aliphatic rings. The first kappa shape index (κ1) is 26.9. The topological polar surface area (TPSA) is 93.7 Å². The monoisotopic (exact) mass is 468 g/mol. The molecular formula is C27H36N2O5. The van der Waals surface area contributed by atoms with Crippen LogP contribution in [-0.4, -0.2) is 35.2 Å². The summed E-state index contributed by atoms with van der Waals surface area (Å²) in [7, 11) is 0. The predicted molar refractivity (Wildman–Crippen MR) is 131 cm³/mol. The Balaban J connectivity index is 2.00. The normalized spacial score (nSPS) is 12.4. The van der Waals surface area contributed by atoms with Crippen molar-refractivity contribution in [1.82, 2.24) is 10.6 Å². The van der Waals surface area contributed by atoms with Crippen molar-refractivity contribution >= 4 is 18.0 Å². The van der Waals surface area contributed by atoms with E-state index < -0.39 is 29.2 Å². The van der Waals surface area contributed by atoms with E-state index in [2.05, 4.69) is 10.6 Å². The number of carbonyl (C=O) groups is 3. The summed E-state index contributed by atoms with van der Waals surface area (Å²) in [5.41, 5.74) is 0.411. The zero-order chi connectivity index (χ0) is 25.2. The van der Waals surface area contributed by atoms with Gasteiger partial charge in [-0.2, -0.15) is 0 Å². The number of nitrogens with one attached hydrogen (secondary N) is 2. The summed E-state index contributed by atoms with van der Waals surface area (Å²) in [5.74, 6) is -0.859. The Morgan fingerprint density at radius 2 is 1.41 bits per heavy atom. The molecule has 0 spiro atoms. The zero-order valence-corrected chi connectivity index (χ0v) is 20.7. The Morgan fingerprint density at radius 1 is 0.853 bits per heavy atom. The molecular weight excluding hydrogens is 432 g/mol. The lowest BCUT2D eigenvalue weighted by Gasteiger charge is -2.28. The summed E-state index contributed by atoms with van der Waals surface area (Å²) in [6.45, 7) is 8.88. The second-order valence-electron chi connectivity index (χ2n) is 9.93. The highest BCUT2D eigenvalue weighted by Gasteiger charge is 2.29. The number of hydrogen-bond acceptors (Lipinski definition) is 5. The Kier molecular flexibility index (Phi) is 9.66. The molecule has 2 aromatic carbocycles. The molecule has 2 aromatic rings. The van der Waals surface area contributed by atoms with Crippen LogP contribution >= 0.6 is 0 Å². The van der Waals surface area contributed by atoms with Crippen LogP contribution in [0.1, 0.15) is 58.6 Å². The number of ether oxygens (including phenoxy) is 2. The fraction of sp³-hybridized carbons (Fsp3) is 0.444. The summed E-state index contributed by atoms with van der Waals surface area (Å²) in [5, 5.41) is 5.51. The van der Waals surface area contributed by atoms with Crippen molar-refractivity contribution in [2.45, 2.75) is 77.7 Å². The minimum atomic E-state index is -0.871. The highest BCUT2D eigenvalue weighted by molar-refractivity contribution is 5.85. The van der Waals surface area contributed by atoms with Gasteiger partial charge in [-0.25, -0.2) is 9.59 Å². The van der Waals surface area contributed by atoms with Gasteiger partial charge in [0.15, 0.2) is 0 Å². The molecule has 0 fully saturated rings. The lowest BCUT2D eigenvalue weighted by atomic mass is 9.99. The zero-order valence-electron chi connectivity index (χ0n) is 20.7. The first-order valence-electron chi connectivity index (χ1n) is 11.5. The van der Waals surface area contributed by atoms with Gasteiger partial charge in [-0.3, -0.25) is 4.79 Å². The summed E-state index contributed by atoms with van der Waals surface area (Å²) >= 11 is 0. The maximum absolute atomic E-state index is 12.8. The van der Waals surface area contributed by atoms with E-state index in [1.54, 1.807) is 34.6 Å². The van der Waals surface area contributed by atoms with E-state index in [9.17, 15) is 14.4 Å². The van der Waals surface area contributed by atoms with Gasteiger partial charge in [-0.05, 0) is 58.6 Å². The van der Waals surface area contributed by atoms with Crippen molar-refractivity contribution in [2.24, 2.45) is 0 Å². The number of aryl methyl sites for hydroxylation is 1. The SMILES string of the molecule is CC(C)(CC(=O)NC(CCc1ccccc1)C(=O)OCc1ccccc1)NC(=O)OC(C)(C)C. The van der Waals surface area contributed by atoms with Crippen molar-refractivity contribution in [2.75, 3.05) is 0 Å². The van der Waals surface area contributed by atoms with Gasteiger partial charge in [0.1, 0.15) is 18.2 Å². The molecule has 0 aliphatic carbocycles. The molecule has 2 amide bonds. The fourth-order valence-electron chi connectivity index (χ4n) is 3.30. The van der Waals surface area contributed by atoms with Gasteiger partial charge in [-0.1, -0.05) is 60.7 Å². The van der Waals surface area contributed by atoms with Gasteiger partial charge < -0.3 is 20.1 Å². The Labute approximate surface area is 202 Å². The van der Waals surface area contributed by atoms with Crippen LogP contribution in [0.5, 0.6) is 0 Å². The lowest BCUT2D eigenvalue weighted by molar-refractivity contribution is -0.149. The van der Waals surface area contributed by atoms with E-state index in [0.29, 0.717) is 12.8 Å². The van der Waals surface area contributed by atoms with E-state index in [-0.39, 0.29) is 18.9 Å². The molecule has 7 nitrogen and oxygen atoms in total. The minimum Gasteiger partial charge on any atom is -0.459 e. The third-order valence-corrected chi connectivity index (χ3v) is 4.85. The van der Waals surface area contributed by atoms with Gasteiger partial charge in [-0.15, -0.1) is 0 Å². The van der Waals surface area contributed by atoms with Crippen LogP contribution in [0.4, 0.5) is 4.79 Å². The summed E-state index contributed by atoms with van der Waals surface area (Å²) in [4.78, 5) is 37.8. The van der Waals surface area contributed by atoms with Crippen LogP contribution in [0.2, 0.25) is 0 Å². The smallest absolute Gasteiger partial charge is 0.408 e. The van der Waals surface area contributed by atoms with Gasteiger partial charge in [0.2, 0.25) is 5.91 Å². The molecule has 0 bridgehead atoms. The molecule has 184 valence electrons. The maximum atomic E-state index is 12.8. The lowest BCUT2D eigenvalue weighted by Crippen LogP contribution is -2.50. The number of alkyl carbamates (subject to hydrolysis) is 1. The Bertz CT molecular complexity index is 936. The van der Waals surface area contributed by atoms with Crippen molar-refractivity contribution in [3.05, 3.63) is 71.8 Å². The minimum absolute atomic E-state index is 0.0277. The molecule has 7 heteroatoms. The number of rotatable bonds is 10. The first-order chi connectivity index (χ1) is 15.9. The number of carbonyl (C=O) groups excluding carboxylic acids is 3. The summed E-state index contributed by atoms with van der Waals surface area (Å²) < 4.78 is 10.8. The highest BCUT2D eigenvalue weighted by Crippen LogP contribution is 2.14. The van der Waals surface area contributed by atoms with E-state index >= 15 is 0 Å². The number of esters is 1. The molecule has 0 radical (unpaired) electrons. The van der Waals surface area contributed by atoms with Crippen LogP contribution in [0.25, 0.3) is 0 Å². The molecule has 1 unspecified atom stereocenters. The molecule has 0 saturated heterocycles. The van der Waals surface area contributed by atoms with E-state index in [4.69, 9.17) is 9.47 Å². The van der Waals surface area contributed by atoms with Gasteiger partial charge in [0.25, 0.3) is 0 Å². The third kappa shape index (κ3) is 10.5. The van der Waals surface area contributed by atoms with Crippen LogP contribution in [0.3, 0.4) is 0 Å². The molecule has 2 N–H and O–H groups in total. The van der Waals surface area contributed by atoms with Crippen molar-refractivity contribution in [1.29, 1.82) is 0 Å². The number of amides is 2. The molecule has 0 aromatic heterocycles. The van der Waals surface area contributed by atoms with Gasteiger partial charge in [0, 0.05) is 12.0 Å². The van der Waals surface area contributed by atoms with E-state index in [1.807, 2.05) is 60.7 Å². The van der Waals surface area contributed by atoms with Crippen molar-refractivity contribution in [3.63, 3.8) is 0 Å². The van der Waals surface area contributed by atoms with Crippen molar-refractivity contribution < 1.29 is 23.9 Å². The third-order valence-electron chi connectivity index (χ3n) is 4.85. The molecule has 2 rings (SSSR count). The second kappa shape index (κ2) is 12.2. The quantitative estimate of drug-likeness (QED) is 0.499. The van der Waals surface area contributed by atoms with Crippen LogP contribution in [0.15, 0.2) is 60.7 Å². The Hall–Kier alpha value is -3.35. The average molecular weight is 469 g/mol. The molecule has 34 heavy (non-hydrogen) atoms. The van der Waals surface area contributed by atoms with Crippen LogP contribution in [0, 0.1) is 0 Å². The van der Waals surface area contributed by atoms with Crippen molar-refractivity contribution in [3.8, 4) is 0 Å². The summed E-state index contributed by atoms with van der Waals surface area (Å²) in [6, 6.07) is 18.3. The van der Waals surface area contributed by atoms with Gasteiger partial charge in [0.05, 0.1) is 0 Å². The fourth-order valence-corrected chi connectivity index (χ4v) is 3.30. The van der Waals surface area contributed by atoms with E-state index in [1.165, 1.54) is 0 Å². The second-order valence-corrected chi connectivity index (χ2v) is 9.93. The summed E-state index contributed by atoms with van der Waals surface area (Å²) in [6.07, 6.45) is 0.364. The van der Waals surface area contributed by atoms with Gasteiger partial charge >= 0.3 is 12.1 Å². The highest BCUT2D eigenvalue weighted by atomic mass is 16.6. The average Bonchev–Trinajstić information content (AvgIpc) is 2.74. The molecule has 1 atom stereocenters. The van der Waals surface area contributed by atoms with E-state index in [0.717, 1.165) is 11.1 Å². The number of hydrogen-bond donors (Lipinski definition) is 2. The maximum Gasteiger partial charge on any atom is 0.408 e. The largest absolute Gasteiger partial charge is 0.459 e. The molecule has 0 aliphatic heterocycles. The Morgan fingerprint density at radius 3 is 1.97 bits per heavy atom. The first-order valence-corrected chi connectivity index (χ1v) is 11.5. The standard InChI is InChI=1S/C27H36N2O5/c1-26(2,3)34-25(32)29-27(4,5)18-23(30)28-22(17-16-20-12-8-6-9-13-20)24(31)33-19-21-14-10-7-11-15-21/h6-15,22H,16-19H2,1-5H3,(H,28,30)(H,29,32).